The van der Waals surface area contributed by atoms with Crippen LogP contribution in [0.25, 0.3) is 0 Å². The summed E-state index contributed by atoms with van der Waals surface area (Å²) in [5, 5.41) is 0. The molecule has 1 aliphatic carbocycles. The van der Waals surface area contributed by atoms with E-state index in [9.17, 15) is 4.79 Å². The highest BCUT2D eigenvalue weighted by molar-refractivity contribution is 5.89. The summed E-state index contributed by atoms with van der Waals surface area (Å²) in [7, 11) is 1.67. The molecule has 1 spiro atoms. The fourth-order valence-electron chi connectivity index (χ4n) is 4.48. The largest absolute Gasteiger partial charge is 0.456 e. The molecule has 0 radical (unpaired) electrons. The van der Waals surface area contributed by atoms with Crippen molar-refractivity contribution in [3.8, 4) is 0 Å². The zero-order valence-electron chi connectivity index (χ0n) is 17.0. The fraction of sp³-hybridized carbons (Fsp3) is 0.458. The van der Waals surface area contributed by atoms with Crippen molar-refractivity contribution in [1.29, 1.82) is 0 Å². The van der Waals surface area contributed by atoms with E-state index < -0.39 is 0 Å². The van der Waals surface area contributed by atoms with Crippen LogP contribution in [0.5, 0.6) is 0 Å². The molecule has 2 aromatic rings. The predicted molar refractivity (Wildman–Crippen MR) is 109 cm³/mol. The van der Waals surface area contributed by atoms with Crippen LogP contribution in [-0.2, 0) is 25.6 Å². The van der Waals surface area contributed by atoms with Crippen molar-refractivity contribution in [2.75, 3.05) is 13.7 Å². The predicted octanol–water partition coefficient (Wildman–Crippen LogP) is 4.01. The lowest BCUT2D eigenvalue weighted by Crippen LogP contribution is -2.54. The van der Waals surface area contributed by atoms with Gasteiger partial charge in [-0.25, -0.2) is 4.79 Å². The molecular weight excluding hydrogens is 368 g/mol. The van der Waals surface area contributed by atoms with Gasteiger partial charge in [-0.15, -0.1) is 0 Å². The minimum absolute atomic E-state index is 0.00136. The van der Waals surface area contributed by atoms with Crippen LogP contribution < -0.4 is 0 Å². The van der Waals surface area contributed by atoms with Gasteiger partial charge in [0.1, 0.15) is 12.2 Å². The molecule has 5 nitrogen and oxygen atoms in total. The normalized spacial score (nSPS) is 29.4. The SMILES string of the molecule is CO[C@H]1[C@H]([C@H](C)OCc2ccccc2)[C@]2(CC[C@H]1OC(=O)c1ccccc1)CO2. The molecule has 0 amide bonds. The van der Waals surface area contributed by atoms with Crippen LogP contribution >= 0.6 is 0 Å². The van der Waals surface area contributed by atoms with E-state index in [4.69, 9.17) is 18.9 Å². The summed E-state index contributed by atoms with van der Waals surface area (Å²) in [5.41, 5.74) is 1.45. The molecule has 2 aliphatic rings. The monoisotopic (exact) mass is 396 g/mol. The van der Waals surface area contributed by atoms with E-state index in [1.165, 1.54) is 0 Å². The van der Waals surface area contributed by atoms with Crippen molar-refractivity contribution in [3.63, 3.8) is 0 Å². The van der Waals surface area contributed by atoms with Crippen molar-refractivity contribution in [2.45, 2.75) is 50.3 Å². The first-order chi connectivity index (χ1) is 14.1. The summed E-state index contributed by atoms with van der Waals surface area (Å²) in [5.74, 6) is -0.319. The third-order valence-corrected chi connectivity index (χ3v) is 6.10. The van der Waals surface area contributed by atoms with Crippen LogP contribution in [0.1, 0.15) is 35.7 Å². The quantitative estimate of drug-likeness (QED) is 0.523. The Morgan fingerprint density at radius 2 is 1.79 bits per heavy atom. The first-order valence-electron chi connectivity index (χ1n) is 10.2. The lowest BCUT2D eigenvalue weighted by Gasteiger charge is -2.43. The number of rotatable bonds is 7. The van der Waals surface area contributed by atoms with Gasteiger partial charge in [0.25, 0.3) is 0 Å². The summed E-state index contributed by atoms with van der Waals surface area (Å²) < 4.78 is 23.8. The lowest BCUT2D eigenvalue weighted by molar-refractivity contribution is -0.144. The maximum atomic E-state index is 12.6. The second kappa shape index (κ2) is 8.66. The Kier molecular flexibility index (Phi) is 5.99. The summed E-state index contributed by atoms with van der Waals surface area (Å²) >= 11 is 0. The first-order valence-corrected chi connectivity index (χ1v) is 10.2. The molecule has 0 bridgehead atoms. The van der Waals surface area contributed by atoms with E-state index in [1.54, 1.807) is 19.2 Å². The number of esters is 1. The van der Waals surface area contributed by atoms with Crippen molar-refractivity contribution in [3.05, 3.63) is 71.8 Å². The first kappa shape index (κ1) is 20.1. The van der Waals surface area contributed by atoms with Gasteiger partial charge in [-0.05, 0) is 37.5 Å². The lowest BCUT2D eigenvalue weighted by atomic mass is 9.73. The minimum Gasteiger partial charge on any atom is -0.456 e. The van der Waals surface area contributed by atoms with E-state index >= 15 is 0 Å². The van der Waals surface area contributed by atoms with Gasteiger partial charge in [-0.2, -0.15) is 0 Å². The Labute approximate surface area is 171 Å². The third-order valence-electron chi connectivity index (χ3n) is 6.10. The number of epoxide rings is 1. The molecule has 4 rings (SSSR count). The smallest absolute Gasteiger partial charge is 0.338 e. The van der Waals surface area contributed by atoms with Crippen molar-refractivity contribution >= 4 is 5.97 Å². The highest BCUT2D eigenvalue weighted by atomic mass is 16.6. The molecule has 1 saturated carbocycles. The number of carbonyl (C=O) groups is 1. The van der Waals surface area contributed by atoms with E-state index in [0.29, 0.717) is 18.8 Å². The zero-order chi connectivity index (χ0) is 20.3. The molecule has 0 N–H and O–H groups in total. The number of benzene rings is 2. The molecule has 5 heteroatoms. The van der Waals surface area contributed by atoms with E-state index in [-0.39, 0.29) is 35.8 Å². The Morgan fingerprint density at radius 1 is 1.14 bits per heavy atom. The van der Waals surface area contributed by atoms with Gasteiger partial charge in [0, 0.05) is 13.0 Å². The molecule has 154 valence electrons. The topological polar surface area (TPSA) is 57.3 Å². The molecule has 29 heavy (non-hydrogen) atoms. The average molecular weight is 396 g/mol. The Morgan fingerprint density at radius 3 is 2.41 bits per heavy atom. The summed E-state index contributed by atoms with van der Waals surface area (Å²) in [6, 6.07) is 19.2. The van der Waals surface area contributed by atoms with Crippen LogP contribution in [0.3, 0.4) is 0 Å². The van der Waals surface area contributed by atoms with Gasteiger partial charge in [0.2, 0.25) is 0 Å². The second-order valence-corrected chi connectivity index (χ2v) is 7.93. The van der Waals surface area contributed by atoms with Gasteiger partial charge in [0.15, 0.2) is 0 Å². The maximum Gasteiger partial charge on any atom is 0.338 e. The number of carbonyl (C=O) groups excluding carboxylic acids is 1. The maximum absolute atomic E-state index is 12.6. The second-order valence-electron chi connectivity index (χ2n) is 7.93. The van der Waals surface area contributed by atoms with Crippen molar-refractivity contribution < 1.29 is 23.7 Å². The highest BCUT2D eigenvalue weighted by Gasteiger charge is 2.61. The summed E-state index contributed by atoms with van der Waals surface area (Å²) in [6.07, 6.45) is 0.864. The molecule has 1 saturated heterocycles. The molecule has 2 fully saturated rings. The van der Waals surface area contributed by atoms with Crippen LogP contribution in [-0.4, -0.2) is 43.6 Å². The summed E-state index contributed by atoms with van der Waals surface area (Å²) in [4.78, 5) is 12.6. The van der Waals surface area contributed by atoms with Gasteiger partial charge in [-0.1, -0.05) is 48.5 Å². The summed E-state index contributed by atoms with van der Waals surface area (Å²) in [6.45, 7) is 3.29. The van der Waals surface area contributed by atoms with E-state index in [0.717, 1.165) is 18.4 Å². The van der Waals surface area contributed by atoms with Crippen LogP contribution in [0, 0.1) is 5.92 Å². The Bertz CT molecular complexity index is 803. The number of ether oxygens (including phenoxy) is 4. The molecule has 2 aromatic carbocycles. The molecule has 1 aliphatic heterocycles. The standard InChI is InChI=1S/C24H28O5/c1-17(27-15-18-9-5-3-6-10-18)21-22(26-2)20(13-14-24(21)16-28-24)29-23(25)19-11-7-4-8-12-19/h3-12,17,20-22H,13-16H2,1-2H3/t17-,20+,21-,22+,24-/m0/s1. The molecule has 5 atom stereocenters. The highest BCUT2D eigenvalue weighted by Crippen LogP contribution is 2.50. The van der Waals surface area contributed by atoms with E-state index in [2.05, 4.69) is 19.1 Å². The van der Waals surface area contributed by atoms with Crippen molar-refractivity contribution in [2.24, 2.45) is 5.92 Å². The van der Waals surface area contributed by atoms with Crippen molar-refractivity contribution in [1.82, 2.24) is 0 Å². The molecule has 1 heterocycles. The molecule has 0 unspecified atom stereocenters. The van der Waals surface area contributed by atoms with Crippen LogP contribution in [0.15, 0.2) is 60.7 Å². The number of hydrogen-bond donors (Lipinski definition) is 0. The Hall–Kier alpha value is -2.21. The van der Waals surface area contributed by atoms with E-state index in [1.807, 2.05) is 36.4 Å². The number of methoxy groups -OCH3 is 1. The fourth-order valence-corrected chi connectivity index (χ4v) is 4.48. The molecular formula is C24H28O5. The molecule has 0 aromatic heterocycles. The van der Waals surface area contributed by atoms with Gasteiger partial charge >= 0.3 is 5.97 Å². The van der Waals surface area contributed by atoms with Crippen LogP contribution in [0.2, 0.25) is 0 Å². The minimum atomic E-state index is -0.324. The Balaban J connectivity index is 1.46. The van der Waals surface area contributed by atoms with Gasteiger partial charge < -0.3 is 18.9 Å². The average Bonchev–Trinajstić information content (AvgIpc) is 3.54. The van der Waals surface area contributed by atoms with Gasteiger partial charge in [-0.3, -0.25) is 0 Å². The third kappa shape index (κ3) is 4.37. The number of hydrogen-bond acceptors (Lipinski definition) is 5. The van der Waals surface area contributed by atoms with Gasteiger partial charge in [0.05, 0.1) is 30.5 Å². The van der Waals surface area contributed by atoms with Crippen LogP contribution in [0.4, 0.5) is 0 Å². The zero-order valence-corrected chi connectivity index (χ0v) is 17.0.